The maximum atomic E-state index is 13.2. The van der Waals surface area contributed by atoms with Crippen LogP contribution in [-0.4, -0.2) is 46.9 Å². The Balaban J connectivity index is 4.58. The molecule has 0 aliphatic heterocycles. The predicted octanol–water partition coefficient (Wildman–Crippen LogP) is 17.0. The molecule has 0 saturated carbocycles. The van der Waals surface area contributed by atoms with Crippen molar-refractivity contribution in [3.63, 3.8) is 0 Å². The number of aliphatic hydroxyl groups is 2. The molecule has 0 fully saturated rings. The molecule has 1 amide bonds. The lowest BCUT2D eigenvalue weighted by molar-refractivity contribution is -0.151. The van der Waals surface area contributed by atoms with Crippen LogP contribution in [-0.2, 0) is 14.3 Å². The van der Waals surface area contributed by atoms with Gasteiger partial charge in [0.05, 0.1) is 25.2 Å². The van der Waals surface area contributed by atoms with E-state index in [1.54, 1.807) is 0 Å². The van der Waals surface area contributed by atoms with Gasteiger partial charge in [0.2, 0.25) is 5.91 Å². The third-order valence-electron chi connectivity index (χ3n) is 12.3. The van der Waals surface area contributed by atoms with Crippen LogP contribution in [0.25, 0.3) is 0 Å². The van der Waals surface area contributed by atoms with Crippen LogP contribution < -0.4 is 5.32 Å². The number of hydrogen-bond acceptors (Lipinski definition) is 5. The van der Waals surface area contributed by atoms with E-state index >= 15 is 0 Å². The molecule has 0 aromatic heterocycles. The van der Waals surface area contributed by atoms with E-state index in [1.807, 2.05) is 0 Å². The first-order chi connectivity index (χ1) is 32.0. The van der Waals surface area contributed by atoms with Crippen LogP contribution in [0.4, 0.5) is 0 Å². The molecule has 0 radical (unpaired) electrons. The van der Waals surface area contributed by atoms with Gasteiger partial charge in [0.15, 0.2) is 0 Å². The topological polar surface area (TPSA) is 95.9 Å². The summed E-state index contributed by atoms with van der Waals surface area (Å²) in [5.41, 5.74) is 0. The molecule has 0 aromatic rings. The molecule has 0 aliphatic carbocycles. The molecule has 3 N–H and O–H groups in total. The number of unbranched alkanes of at least 4 members (excludes halogenated alkanes) is 27. The van der Waals surface area contributed by atoms with Crippen LogP contribution in [0.5, 0.6) is 0 Å². The van der Waals surface area contributed by atoms with E-state index in [1.165, 1.54) is 116 Å². The number of nitrogens with one attached hydrogen (secondary N) is 1. The number of aliphatic hydroxyl groups excluding tert-OH is 2. The van der Waals surface area contributed by atoms with Gasteiger partial charge in [0.25, 0.3) is 0 Å². The van der Waals surface area contributed by atoms with Crippen molar-refractivity contribution < 1.29 is 24.5 Å². The third kappa shape index (κ3) is 47.6. The highest BCUT2D eigenvalue weighted by atomic mass is 16.5. The lowest BCUT2D eigenvalue weighted by Gasteiger charge is -2.24. The standard InChI is InChI=1S/C59H105NO5/c1-4-7-10-13-16-19-22-25-27-28-29-30-31-34-37-40-43-46-49-52-59(64)65-55(50-47-44-41-38-35-32-24-21-18-15-12-9-6-3)53-58(63)60-56(54-61)57(62)51-48-45-42-39-36-33-26-23-20-17-14-11-8-5-2/h9,12,15-16,18-19,21,24-25,27,29-30,55-57,61-62H,4-8,10-11,13-14,17,20,22-23,26,28,31-54H2,1-3H3,(H,60,63)/b12-9+,18-15+,19-16-,24-21+,27-25-,30-29-. The number of carbonyl (C=O) groups is 2. The quantitative estimate of drug-likeness (QED) is 0.0245. The molecule has 0 saturated heterocycles. The molecule has 6 nitrogen and oxygen atoms in total. The van der Waals surface area contributed by atoms with Gasteiger partial charge in [-0.3, -0.25) is 9.59 Å². The van der Waals surface area contributed by atoms with Gasteiger partial charge in [-0.1, -0.05) is 241 Å². The van der Waals surface area contributed by atoms with Crippen molar-refractivity contribution in [1.29, 1.82) is 0 Å². The highest BCUT2D eigenvalue weighted by Gasteiger charge is 2.24. The molecule has 6 heteroatoms. The number of hydrogen-bond donors (Lipinski definition) is 3. The molecule has 0 bridgehead atoms. The summed E-state index contributed by atoms with van der Waals surface area (Å²) in [6.07, 6.45) is 66.7. The Kier molecular flexibility index (Phi) is 50.1. The number of carbonyl (C=O) groups excluding carboxylic acids is 2. The van der Waals surface area contributed by atoms with Gasteiger partial charge in [-0.15, -0.1) is 0 Å². The Bertz CT molecular complexity index is 1200. The molecule has 0 spiro atoms. The fraction of sp³-hybridized carbons (Fsp3) is 0.763. The van der Waals surface area contributed by atoms with Gasteiger partial charge in [0.1, 0.15) is 6.10 Å². The Morgan fingerprint density at radius 2 is 0.892 bits per heavy atom. The van der Waals surface area contributed by atoms with Crippen molar-refractivity contribution in [2.75, 3.05) is 6.61 Å². The highest BCUT2D eigenvalue weighted by molar-refractivity contribution is 5.77. The van der Waals surface area contributed by atoms with Crippen molar-refractivity contribution >= 4 is 11.9 Å². The molecule has 65 heavy (non-hydrogen) atoms. The second-order valence-electron chi connectivity index (χ2n) is 18.7. The van der Waals surface area contributed by atoms with Crippen molar-refractivity contribution in [2.45, 2.75) is 283 Å². The number of esters is 1. The first-order valence-corrected chi connectivity index (χ1v) is 27.7. The first kappa shape index (κ1) is 62.3. The van der Waals surface area contributed by atoms with E-state index in [2.05, 4.69) is 99.0 Å². The zero-order valence-electron chi connectivity index (χ0n) is 42.9. The Labute approximate surface area is 402 Å². The molecule has 0 aliphatic rings. The molecule has 0 aromatic carbocycles. The predicted molar refractivity (Wildman–Crippen MR) is 282 cm³/mol. The van der Waals surface area contributed by atoms with Gasteiger partial charge in [-0.2, -0.15) is 0 Å². The molecule has 3 atom stereocenters. The SMILES string of the molecule is CC/C=C/C=C/C=C/CCCCCCCC(CC(=O)NC(CO)C(O)CCCCCCCCCCCCCCCC)OC(=O)CCCCCCCC/C=C\C/C=C\C/C=C\CCCCC. The van der Waals surface area contributed by atoms with Gasteiger partial charge >= 0.3 is 5.97 Å². The van der Waals surface area contributed by atoms with Crippen LogP contribution in [0, 0.1) is 0 Å². The van der Waals surface area contributed by atoms with Gasteiger partial charge < -0.3 is 20.3 Å². The Morgan fingerprint density at radius 1 is 0.477 bits per heavy atom. The second kappa shape index (κ2) is 52.3. The van der Waals surface area contributed by atoms with Crippen LogP contribution in [0.3, 0.4) is 0 Å². The summed E-state index contributed by atoms with van der Waals surface area (Å²) in [6, 6.07) is -0.714. The van der Waals surface area contributed by atoms with E-state index in [4.69, 9.17) is 4.74 Å². The highest BCUT2D eigenvalue weighted by Crippen LogP contribution is 2.18. The fourth-order valence-electron chi connectivity index (χ4n) is 8.14. The molecule has 3 unspecified atom stereocenters. The summed E-state index contributed by atoms with van der Waals surface area (Å²) in [5, 5.41) is 23.8. The second-order valence-corrected chi connectivity index (χ2v) is 18.7. The van der Waals surface area contributed by atoms with E-state index in [-0.39, 0.29) is 24.9 Å². The van der Waals surface area contributed by atoms with Crippen molar-refractivity contribution in [2.24, 2.45) is 0 Å². The van der Waals surface area contributed by atoms with Crippen LogP contribution in [0.1, 0.15) is 265 Å². The van der Waals surface area contributed by atoms with E-state index in [0.29, 0.717) is 19.3 Å². The monoisotopic (exact) mass is 908 g/mol. The zero-order valence-corrected chi connectivity index (χ0v) is 42.9. The average Bonchev–Trinajstić information content (AvgIpc) is 3.30. The molecule has 0 rings (SSSR count). The van der Waals surface area contributed by atoms with Crippen LogP contribution >= 0.6 is 0 Å². The number of amides is 1. The van der Waals surface area contributed by atoms with E-state index in [0.717, 1.165) is 103 Å². The molecular weight excluding hydrogens is 803 g/mol. The maximum Gasteiger partial charge on any atom is 0.306 e. The normalized spacial score (nSPS) is 13.7. The summed E-state index contributed by atoms with van der Waals surface area (Å²) < 4.78 is 5.94. The maximum absolute atomic E-state index is 13.2. The van der Waals surface area contributed by atoms with E-state index in [9.17, 15) is 19.8 Å². The van der Waals surface area contributed by atoms with Crippen LogP contribution in [0.15, 0.2) is 72.9 Å². The van der Waals surface area contributed by atoms with Gasteiger partial charge in [0, 0.05) is 6.42 Å². The van der Waals surface area contributed by atoms with Gasteiger partial charge in [-0.05, 0) is 83.5 Å². The van der Waals surface area contributed by atoms with Crippen molar-refractivity contribution in [1.82, 2.24) is 5.32 Å². The first-order valence-electron chi connectivity index (χ1n) is 27.7. The van der Waals surface area contributed by atoms with Gasteiger partial charge in [-0.25, -0.2) is 0 Å². The largest absolute Gasteiger partial charge is 0.462 e. The minimum Gasteiger partial charge on any atom is -0.462 e. The summed E-state index contributed by atoms with van der Waals surface area (Å²) >= 11 is 0. The summed E-state index contributed by atoms with van der Waals surface area (Å²) in [6.45, 7) is 6.33. The summed E-state index contributed by atoms with van der Waals surface area (Å²) in [7, 11) is 0. The Morgan fingerprint density at radius 3 is 1.42 bits per heavy atom. The minimum absolute atomic E-state index is 0.0564. The zero-order chi connectivity index (χ0) is 47.4. The fourth-order valence-corrected chi connectivity index (χ4v) is 8.14. The lowest BCUT2D eigenvalue weighted by Crippen LogP contribution is -2.46. The molecule has 0 heterocycles. The summed E-state index contributed by atoms with van der Waals surface area (Å²) in [4.78, 5) is 26.2. The lowest BCUT2D eigenvalue weighted by atomic mass is 10.0. The smallest absolute Gasteiger partial charge is 0.306 e. The van der Waals surface area contributed by atoms with Crippen molar-refractivity contribution in [3.8, 4) is 0 Å². The molecule has 376 valence electrons. The number of allylic oxidation sites excluding steroid dienone is 12. The van der Waals surface area contributed by atoms with Crippen LogP contribution in [0.2, 0.25) is 0 Å². The number of rotatable bonds is 49. The van der Waals surface area contributed by atoms with Crippen molar-refractivity contribution in [3.05, 3.63) is 72.9 Å². The molecular formula is C59H105NO5. The number of ether oxygens (including phenoxy) is 1. The third-order valence-corrected chi connectivity index (χ3v) is 12.3. The summed E-state index contributed by atoms with van der Waals surface area (Å²) in [5.74, 6) is -0.507. The Hall–Kier alpha value is -2.70. The van der Waals surface area contributed by atoms with E-state index < -0.39 is 18.2 Å². The minimum atomic E-state index is -0.799. The average molecular weight is 908 g/mol.